The third-order valence-corrected chi connectivity index (χ3v) is 4.02. The predicted octanol–water partition coefficient (Wildman–Crippen LogP) is 2.17. The van der Waals surface area contributed by atoms with E-state index in [0.717, 1.165) is 32.1 Å². The lowest BCUT2D eigenvalue weighted by Crippen LogP contribution is -2.42. The second-order valence-electron chi connectivity index (χ2n) is 5.73. The fourth-order valence-corrected chi connectivity index (χ4v) is 2.88. The van der Waals surface area contributed by atoms with E-state index in [1.807, 2.05) is 0 Å². The zero-order valence-electron chi connectivity index (χ0n) is 14.6. The number of nitrogens with one attached hydrogen (secondary N) is 2. The van der Waals surface area contributed by atoms with Gasteiger partial charge in [-0.25, -0.2) is 0 Å². The van der Waals surface area contributed by atoms with E-state index < -0.39 is 0 Å². The summed E-state index contributed by atoms with van der Waals surface area (Å²) in [7, 11) is 3.49. The highest BCUT2D eigenvalue weighted by atomic mass is 127. The predicted molar refractivity (Wildman–Crippen MR) is 110 cm³/mol. The van der Waals surface area contributed by atoms with Crippen LogP contribution in [0.2, 0.25) is 0 Å². The van der Waals surface area contributed by atoms with E-state index in [1.54, 1.807) is 32.4 Å². The summed E-state index contributed by atoms with van der Waals surface area (Å²) in [5, 5.41) is 17.4. The fourth-order valence-electron chi connectivity index (χ4n) is 2.88. The molecular weight excluding hydrogens is 437 g/mol. The molecule has 0 bridgehead atoms. The number of hydrogen-bond acceptors (Lipinski definition) is 5. The van der Waals surface area contributed by atoms with Gasteiger partial charge in [0.05, 0.1) is 11.5 Å². The van der Waals surface area contributed by atoms with Crippen molar-refractivity contribution in [1.82, 2.24) is 10.2 Å². The lowest BCUT2D eigenvalue weighted by atomic mass is 10.1. The second-order valence-corrected chi connectivity index (χ2v) is 5.73. The van der Waals surface area contributed by atoms with Gasteiger partial charge in [-0.2, -0.15) is 0 Å². The van der Waals surface area contributed by atoms with E-state index >= 15 is 0 Å². The Bertz CT molecular complexity index is 585. The molecule has 1 aromatic rings. The average molecular weight is 463 g/mol. The quantitative estimate of drug-likeness (QED) is 0.161. The summed E-state index contributed by atoms with van der Waals surface area (Å²) in [6, 6.07) is 6.65. The number of likely N-dealkylation sites (tertiary alicyclic amines) is 1. The molecule has 9 heteroatoms. The van der Waals surface area contributed by atoms with Gasteiger partial charge in [0, 0.05) is 52.3 Å². The number of ether oxygens (including phenoxy) is 1. The topological polar surface area (TPSA) is 92.0 Å². The van der Waals surface area contributed by atoms with Crippen molar-refractivity contribution in [2.75, 3.05) is 52.3 Å². The summed E-state index contributed by atoms with van der Waals surface area (Å²) in [6.45, 7) is 3.87. The lowest BCUT2D eigenvalue weighted by molar-refractivity contribution is -0.384. The van der Waals surface area contributed by atoms with Gasteiger partial charge in [-0.3, -0.25) is 15.1 Å². The van der Waals surface area contributed by atoms with Crippen molar-refractivity contribution < 1.29 is 9.66 Å². The van der Waals surface area contributed by atoms with Crippen LogP contribution in [0, 0.1) is 16.0 Å². The largest absolute Gasteiger partial charge is 0.384 e. The third-order valence-electron chi connectivity index (χ3n) is 4.02. The molecule has 0 spiro atoms. The van der Waals surface area contributed by atoms with Crippen LogP contribution in [0.25, 0.3) is 0 Å². The zero-order valence-corrected chi connectivity index (χ0v) is 16.9. The van der Waals surface area contributed by atoms with Crippen LogP contribution in [0.1, 0.15) is 6.42 Å². The molecule has 140 valence electrons. The Morgan fingerprint density at radius 2 is 2.20 bits per heavy atom. The molecule has 1 heterocycles. The number of halogens is 1. The minimum Gasteiger partial charge on any atom is -0.384 e. The van der Waals surface area contributed by atoms with Gasteiger partial charge in [0.15, 0.2) is 5.96 Å². The van der Waals surface area contributed by atoms with E-state index in [9.17, 15) is 10.1 Å². The molecule has 2 N–H and O–H groups in total. The van der Waals surface area contributed by atoms with Crippen LogP contribution < -0.4 is 10.6 Å². The van der Waals surface area contributed by atoms with E-state index in [-0.39, 0.29) is 34.6 Å². The second kappa shape index (κ2) is 11.1. The van der Waals surface area contributed by atoms with Crippen LogP contribution in [-0.2, 0) is 4.74 Å². The van der Waals surface area contributed by atoms with Gasteiger partial charge in [-0.05, 0) is 12.5 Å². The molecule has 1 unspecified atom stereocenters. The van der Waals surface area contributed by atoms with E-state index in [2.05, 4.69) is 20.5 Å². The van der Waals surface area contributed by atoms with Crippen molar-refractivity contribution in [1.29, 1.82) is 0 Å². The normalized spacial score (nSPS) is 17.1. The molecule has 0 aliphatic carbocycles. The van der Waals surface area contributed by atoms with E-state index in [1.165, 1.54) is 6.07 Å². The number of anilines is 1. The van der Waals surface area contributed by atoms with Gasteiger partial charge in [0.1, 0.15) is 5.69 Å². The Kier molecular flexibility index (Phi) is 9.50. The van der Waals surface area contributed by atoms with Crippen LogP contribution in [0.15, 0.2) is 29.3 Å². The van der Waals surface area contributed by atoms with Gasteiger partial charge in [-0.1, -0.05) is 12.1 Å². The number of nitrogens with zero attached hydrogens (tertiary/aromatic N) is 3. The SMILES string of the molecule is CN=C(NCCNc1ccccc1[N+](=O)[O-])N1CCC(COC)C1.I. The fraction of sp³-hybridized carbons (Fsp3) is 0.562. The molecule has 1 saturated heterocycles. The first-order valence-electron chi connectivity index (χ1n) is 8.07. The molecule has 1 aliphatic heterocycles. The van der Waals surface area contributed by atoms with Crippen molar-refractivity contribution in [3.8, 4) is 0 Å². The zero-order chi connectivity index (χ0) is 17.4. The van der Waals surface area contributed by atoms with Crippen LogP contribution in [0.4, 0.5) is 11.4 Å². The summed E-state index contributed by atoms with van der Waals surface area (Å²) in [6.07, 6.45) is 1.10. The Morgan fingerprint density at radius 1 is 1.44 bits per heavy atom. The summed E-state index contributed by atoms with van der Waals surface area (Å²) in [5.41, 5.74) is 0.615. The van der Waals surface area contributed by atoms with Crippen molar-refractivity contribution in [2.24, 2.45) is 10.9 Å². The van der Waals surface area contributed by atoms with E-state index in [4.69, 9.17) is 4.74 Å². The molecule has 0 amide bonds. The van der Waals surface area contributed by atoms with Crippen molar-refractivity contribution in [3.05, 3.63) is 34.4 Å². The van der Waals surface area contributed by atoms with Gasteiger partial charge >= 0.3 is 0 Å². The Balaban J connectivity index is 0.00000312. The smallest absolute Gasteiger partial charge is 0.292 e. The summed E-state index contributed by atoms with van der Waals surface area (Å²) in [4.78, 5) is 17.1. The van der Waals surface area contributed by atoms with Crippen molar-refractivity contribution >= 4 is 41.3 Å². The molecule has 0 aromatic heterocycles. The number of methoxy groups -OCH3 is 1. The van der Waals surface area contributed by atoms with Crippen LogP contribution in [-0.4, -0.2) is 62.7 Å². The first-order chi connectivity index (χ1) is 11.7. The molecule has 1 aliphatic rings. The van der Waals surface area contributed by atoms with Crippen LogP contribution >= 0.6 is 24.0 Å². The van der Waals surface area contributed by atoms with E-state index in [0.29, 0.717) is 24.7 Å². The van der Waals surface area contributed by atoms with Gasteiger partial charge in [0.25, 0.3) is 5.69 Å². The van der Waals surface area contributed by atoms with Crippen molar-refractivity contribution in [2.45, 2.75) is 6.42 Å². The molecule has 1 fully saturated rings. The standard InChI is InChI=1S/C16H25N5O3.HI/c1-17-16(20-10-7-13(11-20)12-24-2)19-9-8-18-14-5-3-4-6-15(14)21(22)23;/h3-6,13,18H,7-12H2,1-2H3,(H,17,19);1H. The monoisotopic (exact) mass is 463 g/mol. The maximum absolute atomic E-state index is 11.0. The number of guanidine groups is 1. The number of para-hydroxylation sites is 2. The number of aliphatic imine (C=N–C) groups is 1. The van der Waals surface area contributed by atoms with Gasteiger partial charge < -0.3 is 20.3 Å². The minimum absolute atomic E-state index is 0. The molecular formula is C16H26IN5O3. The Hall–Kier alpha value is -1.62. The maximum Gasteiger partial charge on any atom is 0.292 e. The Morgan fingerprint density at radius 3 is 2.88 bits per heavy atom. The van der Waals surface area contributed by atoms with Crippen molar-refractivity contribution in [3.63, 3.8) is 0 Å². The lowest BCUT2D eigenvalue weighted by Gasteiger charge is -2.21. The number of hydrogen-bond donors (Lipinski definition) is 2. The number of rotatable bonds is 7. The average Bonchev–Trinajstić information content (AvgIpc) is 3.04. The molecule has 25 heavy (non-hydrogen) atoms. The molecule has 8 nitrogen and oxygen atoms in total. The summed E-state index contributed by atoms with van der Waals surface area (Å²) < 4.78 is 5.21. The highest BCUT2D eigenvalue weighted by Gasteiger charge is 2.24. The molecule has 0 saturated carbocycles. The highest BCUT2D eigenvalue weighted by Crippen LogP contribution is 2.22. The maximum atomic E-state index is 11.0. The number of benzene rings is 1. The molecule has 2 rings (SSSR count). The highest BCUT2D eigenvalue weighted by molar-refractivity contribution is 14.0. The van der Waals surface area contributed by atoms with Crippen LogP contribution in [0.5, 0.6) is 0 Å². The van der Waals surface area contributed by atoms with Crippen LogP contribution in [0.3, 0.4) is 0 Å². The molecule has 1 aromatic carbocycles. The first kappa shape index (κ1) is 21.4. The van der Waals surface area contributed by atoms with Gasteiger partial charge in [-0.15, -0.1) is 24.0 Å². The number of nitro groups is 1. The minimum atomic E-state index is -0.380. The summed E-state index contributed by atoms with van der Waals surface area (Å²) >= 11 is 0. The third kappa shape index (κ3) is 6.31. The summed E-state index contributed by atoms with van der Waals surface area (Å²) in [5.74, 6) is 1.40. The molecule has 1 atom stereocenters. The number of nitro benzene ring substituents is 1. The first-order valence-corrected chi connectivity index (χ1v) is 8.07. The van der Waals surface area contributed by atoms with Gasteiger partial charge in [0.2, 0.25) is 0 Å². The molecule has 0 radical (unpaired) electrons. The Labute approximate surface area is 165 Å².